The van der Waals surface area contributed by atoms with Gasteiger partial charge in [0.2, 0.25) is 0 Å². The molecule has 0 fully saturated rings. The van der Waals surface area contributed by atoms with Crippen LogP contribution in [0, 0.1) is 19.7 Å². The highest BCUT2D eigenvalue weighted by atomic mass is 35.5. The summed E-state index contributed by atoms with van der Waals surface area (Å²) in [5.41, 5.74) is 3.72. The lowest BCUT2D eigenvalue weighted by molar-refractivity contribution is 0.610. The SMILES string of the molecule is CCn1nc(C)c2nc(CCl)n(-c3c(C)cccc3F)c21. The van der Waals surface area contributed by atoms with Crippen molar-refractivity contribution in [3.8, 4) is 5.69 Å². The molecule has 110 valence electrons. The van der Waals surface area contributed by atoms with E-state index in [1.807, 2.05) is 31.5 Å². The summed E-state index contributed by atoms with van der Waals surface area (Å²) in [6.07, 6.45) is 0. The third kappa shape index (κ3) is 2.03. The number of benzene rings is 1. The summed E-state index contributed by atoms with van der Waals surface area (Å²) in [6.45, 7) is 6.46. The minimum Gasteiger partial charge on any atom is -0.277 e. The molecule has 0 saturated heterocycles. The number of aryl methyl sites for hydroxylation is 3. The van der Waals surface area contributed by atoms with E-state index in [4.69, 9.17) is 11.6 Å². The number of hydrogen-bond acceptors (Lipinski definition) is 2. The van der Waals surface area contributed by atoms with Crippen LogP contribution in [-0.2, 0) is 12.4 Å². The predicted molar refractivity (Wildman–Crippen MR) is 81.5 cm³/mol. The van der Waals surface area contributed by atoms with Crippen LogP contribution in [0.15, 0.2) is 18.2 Å². The van der Waals surface area contributed by atoms with Crippen molar-refractivity contribution < 1.29 is 4.39 Å². The Bertz CT molecular complexity index is 799. The van der Waals surface area contributed by atoms with Crippen molar-refractivity contribution in [3.05, 3.63) is 41.1 Å². The van der Waals surface area contributed by atoms with Crippen molar-refractivity contribution in [2.24, 2.45) is 0 Å². The standard InChI is InChI=1S/C15H16ClFN4/c1-4-20-15-13(10(3)19-20)18-12(8-16)21(15)14-9(2)6-5-7-11(14)17/h5-7H,4,8H2,1-3H3. The van der Waals surface area contributed by atoms with E-state index >= 15 is 0 Å². The number of fused-ring (bicyclic) bond motifs is 1. The predicted octanol–water partition coefficient (Wildman–Crippen LogP) is 3.74. The number of nitrogens with zero attached hydrogens (tertiary/aromatic N) is 4. The normalized spacial score (nSPS) is 11.5. The lowest BCUT2D eigenvalue weighted by Crippen LogP contribution is -2.09. The number of aromatic nitrogens is 4. The third-order valence-corrected chi connectivity index (χ3v) is 3.85. The Hall–Kier alpha value is -1.88. The number of imidazole rings is 1. The van der Waals surface area contributed by atoms with Crippen LogP contribution in [-0.4, -0.2) is 19.3 Å². The molecule has 2 aromatic heterocycles. The molecule has 0 spiro atoms. The van der Waals surface area contributed by atoms with Gasteiger partial charge in [0.15, 0.2) is 5.65 Å². The minimum absolute atomic E-state index is 0.214. The number of alkyl halides is 1. The highest BCUT2D eigenvalue weighted by Gasteiger charge is 2.21. The van der Waals surface area contributed by atoms with Gasteiger partial charge in [-0.2, -0.15) is 5.10 Å². The topological polar surface area (TPSA) is 35.6 Å². The van der Waals surface area contributed by atoms with E-state index in [9.17, 15) is 4.39 Å². The smallest absolute Gasteiger partial charge is 0.163 e. The summed E-state index contributed by atoms with van der Waals surface area (Å²) in [5, 5.41) is 4.46. The van der Waals surface area contributed by atoms with E-state index in [0.717, 1.165) is 22.4 Å². The first-order chi connectivity index (χ1) is 10.1. The van der Waals surface area contributed by atoms with Gasteiger partial charge >= 0.3 is 0 Å². The molecule has 0 bridgehead atoms. The summed E-state index contributed by atoms with van der Waals surface area (Å²) in [4.78, 5) is 4.54. The molecule has 0 aliphatic rings. The fourth-order valence-electron chi connectivity index (χ4n) is 2.66. The van der Waals surface area contributed by atoms with Gasteiger partial charge in [0.1, 0.15) is 17.2 Å². The zero-order valence-corrected chi connectivity index (χ0v) is 12.9. The molecule has 0 amide bonds. The highest BCUT2D eigenvalue weighted by Crippen LogP contribution is 2.28. The fourth-order valence-corrected chi connectivity index (χ4v) is 2.84. The maximum atomic E-state index is 14.4. The van der Waals surface area contributed by atoms with Gasteiger partial charge in [-0.1, -0.05) is 12.1 Å². The third-order valence-electron chi connectivity index (χ3n) is 3.61. The van der Waals surface area contributed by atoms with Crippen LogP contribution in [0.25, 0.3) is 16.9 Å². The molecule has 6 heteroatoms. The van der Waals surface area contributed by atoms with E-state index in [1.54, 1.807) is 10.6 Å². The summed E-state index contributed by atoms with van der Waals surface area (Å²) in [7, 11) is 0. The lowest BCUT2D eigenvalue weighted by Gasteiger charge is -2.12. The Morgan fingerprint density at radius 2 is 2.05 bits per heavy atom. The van der Waals surface area contributed by atoms with Crippen LogP contribution in [0.1, 0.15) is 24.0 Å². The van der Waals surface area contributed by atoms with Crippen LogP contribution in [0.2, 0.25) is 0 Å². The Kier molecular flexibility index (Phi) is 3.45. The largest absolute Gasteiger partial charge is 0.277 e. The van der Waals surface area contributed by atoms with Crippen molar-refractivity contribution in [1.29, 1.82) is 0 Å². The van der Waals surface area contributed by atoms with E-state index in [2.05, 4.69) is 10.1 Å². The maximum Gasteiger partial charge on any atom is 0.163 e. The zero-order chi connectivity index (χ0) is 15.1. The second-order valence-corrected chi connectivity index (χ2v) is 5.24. The average Bonchev–Trinajstić information content (AvgIpc) is 2.97. The number of hydrogen-bond donors (Lipinski definition) is 0. The molecule has 0 unspecified atom stereocenters. The van der Waals surface area contributed by atoms with Crippen LogP contribution in [0.4, 0.5) is 4.39 Å². The highest BCUT2D eigenvalue weighted by molar-refractivity contribution is 6.17. The van der Waals surface area contributed by atoms with Crippen LogP contribution >= 0.6 is 11.6 Å². The van der Waals surface area contributed by atoms with Gasteiger partial charge in [0.25, 0.3) is 0 Å². The van der Waals surface area contributed by atoms with Gasteiger partial charge < -0.3 is 0 Å². The molecule has 0 aliphatic carbocycles. The van der Waals surface area contributed by atoms with Crippen LogP contribution < -0.4 is 0 Å². The summed E-state index contributed by atoms with van der Waals surface area (Å²) in [5.74, 6) is 0.552. The van der Waals surface area contributed by atoms with Crippen molar-refractivity contribution in [2.75, 3.05) is 0 Å². The van der Waals surface area contributed by atoms with Gasteiger partial charge in [-0.15, -0.1) is 11.6 Å². The fraction of sp³-hybridized carbons (Fsp3) is 0.333. The molecule has 4 nitrogen and oxygen atoms in total. The molecule has 0 saturated carbocycles. The van der Waals surface area contributed by atoms with Crippen molar-refractivity contribution in [3.63, 3.8) is 0 Å². The minimum atomic E-state index is -0.290. The van der Waals surface area contributed by atoms with Crippen molar-refractivity contribution in [1.82, 2.24) is 19.3 Å². The zero-order valence-electron chi connectivity index (χ0n) is 12.2. The van der Waals surface area contributed by atoms with Gasteiger partial charge in [0, 0.05) is 6.54 Å². The summed E-state index contributed by atoms with van der Waals surface area (Å²) in [6, 6.07) is 5.03. The molecule has 0 N–H and O–H groups in total. The Morgan fingerprint density at radius 3 is 2.67 bits per heavy atom. The number of rotatable bonds is 3. The molecule has 0 aliphatic heterocycles. The van der Waals surface area contributed by atoms with E-state index in [-0.39, 0.29) is 11.7 Å². The lowest BCUT2D eigenvalue weighted by atomic mass is 10.2. The second-order valence-electron chi connectivity index (χ2n) is 4.98. The van der Waals surface area contributed by atoms with Crippen molar-refractivity contribution >= 4 is 22.8 Å². The first kappa shape index (κ1) is 14.1. The second kappa shape index (κ2) is 5.15. The molecule has 1 aromatic carbocycles. The van der Waals surface area contributed by atoms with E-state index < -0.39 is 0 Å². The monoisotopic (exact) mass is 306 g/mol. The van der Waals surface area contributed by atoms with Crippen LogP contribution in [0.5, 0.6) is 0 Å². The molecule has 2 heterocycles. The molecule has 3 aromatic rings. The number of halogens is 2. The molecule has 21 heavy (non-hydrogen) atoms. The van der Waals surface area contributed by atoms with Gasteiger partial charge in [0.05, 0.1) is 17.3 Å². The van der Waals surface area contributed by atoms with E-state index in [1.165, 1.54) is 6.07 Å². The summed E-state index contributed by atoms with van der Waals surface area (Å²) >= 11 is 6.03. The molecule has 0 radical (unpaired) electrons. The number of para-hydroxylation sites is 1. The van der Waals surface area contributed by atoms with Crippen molar-refractivity contribution in [2.45, 2.75) is 33.2 Å². The van der Waals surface area contributed by atoms with Gasteiger partial charge in [-0.05, 0) is 32.4 Å². The van der Waals surface area contributed by atoms with E-state index in [0.29, 0.717) is 18.1 Å². The molecule has 3 rings (SSSR count). The van der Waals surface area contributed by atoms with Crippen LogP contribution in [0.3, 0.4) is 0 Å². The molecule has 0 atom stereocenters. The molecular weight excluding hydrogens is 291 g/mol. The first-order valence-electron chi connectivity index (χ1n) is 6.84. The van der Waals surface area contributed by atoms with Gasteiger partial charge in [-0.3, -0.25) is 4.57 Å². The Labute approximate surface area is 127 Å². The Balaban J connectivity index is 2.45. The molecular formula is C15H16ClFN4. The quantitative estimate of drug-likeness (QED) is 0.691. The Morgan fingerprint density at radius 1 is 1.29 bits per heavy atom. The maximum absolute atomic E-state index is 14.4. The first-order valence-corrected chi connectivity index (χ1v) is 7.38. The van der Waals surface area contributed by atoms with Gasteiger partial charge in [-0.25, -0.2) is 14.1 Å². The summed E-state index contributed by atoms with van der Waals surface area (Å²) < 4.78 is 18.0. The average molecular weight is 307 g/mol.